The van der Waals surface area contributed by atoms with Crippen molar-refractivity contribution >= 4 is 10.0 Å². The van der Waals surface area contributed by atoms with Crippen molar-refractivity contribution in [3.63, 3.8) is 0 Å². The van der Waals surface area contributed by atoms with Crippen molar-refractivity contribution in [2.24, 2.45) is 5.92 Å². The number of aromatic nitrogens is 1. The van der Waals surface area contributed by atoms with E-state index in [1.165, 1.54) is 0 Å². The lowest BCUT2D eigenvalue weighted by Crippen LogP contribution is -2.41. The third-order valence-electron chi connectivity index (χ3n) is 3.80. The molecule has 1 aliphatic heterocycles. The number of sulfonamides is 1. The van der Waals surface area contributed by atoms with Gasteiger partial charge in [0.2, 0.25) is 10.0 Å². The van der Waals surface area contributed by atoms with Crippen LogP contribution >= 0.6 is 0 Å². The first kappa shape index (κ1) is 15.4. The molecule has 0 aliphatic carbocycles. The van der Waals surface area contributed by atoms with Gasteiger partial charge in [0.1, 0.15) is 0 Å². The van der Waals surface area contributed by atoms with Gasteiger partial charge in [-0.1, -0.05) is 6.07 Å². The first-order valence-electron chi connectivity index (χ1n) is 7.14. The summed E-state index contributed by atoms with van der Waals surface area (Å²) in [6.45, 7) is 2.27. The number of hydrogen-bond donors (Lipinski definition) is 1. The number of nitrogens with zero attached hydrogens (tertiary/aromatic N) is 2. The Morgan fingerprint density at radius 2 is 2.10 bits per heavy atom. The molecule has 2 rings (SSSR count). The lowest BCUT2D eigenvalue weighted by molar-refractivity contribution is 0.270. The second kappa shape index (κ2) is 7.15. The van der Waals surface area contributed by atoms with E-state index in [0.717, 1.165) is 25.1 Å². The van der Waals surface area contributed by atoms with Crippen molar-refractivity contribution in [2.75, 3.05) is 32.4 Å². The number of aryl methyl sites for hydroxylation is 1. The zero-order chi connectivity index (χ0) is 14.4. The molecule has 1 N–H and O–H groups in total. The minimum absolute atomic E-state index is 0.153. The largest absolute Gasteiger partial charge is 0.319 e. The van der Waals surface area contributed by atoms with Gasteiger partial charge in [0, 0.05) is 31.4 Å². The summed E-state index contributed by atoms with van der Waals surface area (Å²) >= 11 is 0. The van der Waals surface area contributed by atoms with E-state index >= 15 is 0 Å². The van der Waals surface area contributed by atoms with Gasteiger partial charge in [-0.25, -0.2) is 12.7 Å². The summed E-state index contributed by atoms with van der Waals surface area (Å²) < 4.78 is 26.3. The maximum atomic E-state index is 12.3. The zero-order valence-corrected chi connectivity index (χ0v) is 12.8. The van der Waals surface area contributed by atoms with Gasteiger partial charge >= 0.3 is 0 Å². The van der Waals surface area contributed by atoms with Gasteiger partial charge in [-0.15, -0.1) is 0 Å². The molecule has 5 nitrogen and oxygen atoms in total. The molecule has 0 atom stereocenters. The maximum absolute atomic E-state index is 12.3. The molecule has 2 heterocycles. The van der Waals surface area contributed by atoms with Gasteiger partial charge in [-0.3, -0.25) is 4.98 Å². The van der Waals surface area contributed by atoms with E-state index in [9.17, 15) is 8.42 Å². The lowest BCUT2D eigenvalue weighted by Gasteiger charge is -2.31. The molecule has 1 aromatic rings. The Morgan fingerprint density at radius 3 is 2.70 bits per heavy atom. The highest BCUT2D eigenvalue weighted by Gasteiger charge is 2.27. The van der Waals surface area contributed by atoms with Gasteiger partial charge in [0.05, 0.1) is 5.75 Å². The quantitative estimate of drug-likeness (QED) is 0.847. The van der Waals surface area contributed by atoms with Crippen LogP contribution in [0.1, 0.15) is 18.5 Å². The molecule has 1 saturated heterocycles. The first-order valence-corrected chi connectivity index (χ1v) is 8.75. The van der Waals surface area contributed by atoms with Crippen LogP contribution in [0.2, 0.25) is 0 Å². The molecule has 6 heteroatoms. The highest BCUT2D eigenvalue weighted by atomic mass is 32.2. The molecule has 20 heavy (non-hydrogen) atoms. The predicted molar refractivity (Wildman–Crippen MR) is 80.0 cm³/mol. The number of nitrogens with one attached hydrogen (secondary N) is 1. The van der Waals surface area contributed by atoms with E-state index < -0.39 is 10.0 Å². The SMILES string of the molecule is CNCC1CCN(S(=O)(=O)CCc2ccccn2)CC1. The normalized spacial score (nSPS) is 18.2. The van der Waals surface area contributed by atoms with Gasteiger partial charge in [0.15, 0.2) is 0 Å². The van der Waals surface area contributed by atoms with Crippen molar-refractivity contribution in [3.8, 4) is 0 Å². The van der Waals surface area contributed by atoms with E-state index in [1.54, 1.807) is 10.5 Å². The standard InChI is InChI=1S/C14H23N3O2S/c1-15-12-13-5-9-17(10-6-13)20(18,19)11-7-14-4-2-3-8-16-14/h2-4,8,13,15H,5-7,9-12H2,1H3. The summed E-state index contributed by atoms with van der Waals surface area (Å²) in [7, 11) is -1.21. The van der Waals surface area contributed by atoms with Crippen molar-refractivity contribution < 1.29 is 8.42 Å². The molecule has 1 fully saturated rings. The van der Waals surface area contributed by atoms with Crippen molar-refractivity contribution in [1.82, 2.24) is 14.6 Å². The topological polar surface area (TPSA) is 62.3 Å². The Kier molecular flexibility index (Phi) is 5.51. The van der Waals surface area contributed by atoms with Crippen LogP contribution < -0.4 is 5.32 Å². The van der Waals surface area contributed by atoms with Crippen molar-refractivity contribution in [1.29, 1.82) is 0 Å². The lowest BCUT2D eigenvalue weighted by atomic mass is 9.98. The van der Waals surface area contributed by atoms with Crippen LogP contribution in [0.25, 0.3) is 0 Å². The minimum Gasteiger partial charge on any atom is -0.319 e. The smallest absolute Gasteiger partial charge is 0.214 e. The zero-order valence-electron chi connectivity index (χ0n) is 12.0. The van der Waals surface area contributed by atoms with E-state index in [1.807, 2.05) is 25.2 Å². The van der Waals surface area contributed by atoms with Crippen LogP contribution in [0, 0.1) is 5.92 Å². The Bertz CT molecular complexity index is 496. The number of rotatable bonds is 6. The van der Waals surface area contributed by atoms with Gasteiger partial charge in [-0.2, -0.15) is 0 Å². The van der Waals surface area contributed by atoms with Crippen molar-refractivity contribution in [3.05, 3.63) is 30.1 Å². The van der Waals surface area contributed by atoms with E-state index in [4.69, 9.17) is 0 Å². The number of pyridine rings is 1. The van der Waals surface area contributed by atoms with Crippen LogP contribution in [0.15, 0.2) is 24.4 Å². The summed E-state index contributed by atoms with van der Waals surface area (Å²) in [5.41, 5.74) is 0.834. The molecule has 112 valence electrons. The summed E-state index contributed by atoms with van der Waals surface area (Å²) in [5.74, 6) is 0.753. The third kappa shape index (κ3) is 4.26. The molecule has 0 unspecified atom stereocenters. The Labute approximate surface area is 121 Å². The maximum Gasteiger partial charge on any atom is 0.214 e. The second-order valence-corrected chi connectivity index (χ2v) is 7.38. The Balaban J connectivity index is 1.85. The summed E-state index contributed by atoms with van der Waals surface area (Å²) in [4.78, 5) is 4.17. The Hall–Kier alpha value is -0.980. The molecule has 0 aromatic carbocycles. The number of piperidine rings is 1. The van der Waals surface area contributed by atoms with Crippen LogP contribution in [-0.2, 0) is 16.4 Å². The molecule has 0 bridgehead atoms. The van der Waals surface area contributed by atoms with Gasteiger partial charge in [0.25, 0.3) is 0 Å². The van der Waals surface area contributed by atoms with Gasteiger partial charge in [-0.05, 0) is 44.5 Å². The average Bonchev–Trinajstić information content (AvgIpc) is 2.47. The molecule has 0 amide bonds. The van der Waals surface area contributed by atoms with Gasteiger partial charge < -0.3 is 5.32 Å². The van der Waals surface area contributed by atoms with E-state index in [2.05, 4.69) is 10.3 Å². The molecule has 1 aliphatic rings. The molecule has 0 spiro atoms. The molecular weight excluding hydrogens is 274 g/mol. The second-order valence-electron chi connectivity index (χ2n) is 5.29. The highest BCUT2D eigenvalue weighted by Crippen LogP contribution is 2.19. The summed E-state index contributed by atoms with van der Waals surface area (Å²) in [6, 6.07) is 5.59. The fraction of sp³-hybridized carbons (Fsp3) is 0.643. The molecule has 0 radical (unpaired) electrons. The first-order chi connectivity index (χ1) is 9.62. The monoisotopic (exact) mass is 297 g/mol. The molecule has 1 aromatic heterocycles. The molecular formula is C14H23N3O2S. The van der Waals surface area contributed by atoms with E-state index in [0.29, 0.717) is 25.4 Å². The number of hydrogen-bond acceptors (Lipinski definition) is 4. The fourth-order valence-corrected chi connectivity index (χ4v) is 4.08. The minimum atomic E-state index is -3.15. The van der Waals surface area contributed by atoms with Crippen LogP contribution in [-0.4, -0.2) is 50.1 Å². The Morgan fingerprint density at radius 1 is 1.35 bits per heavy atom. The molecule has 0 saturated carbocycles. The average molecular weight is 297 g/mol. The predicted octanol–water partition coefficient (Wildman–Crippen LogP) is 0.885. The highest BCUT2D eigenvalue weighted by molar-refractivity contribution is 7.89. The van der Waals surface area contributed by atoms with Crippen LogP contribution in [0.4, 0.5) is 0 Å². The van der Waals surface area contributed by atoms with Crippen LogP contribution in [0.3, 0.4) is 0 Å². The summed E-state index contributed by atoms with van der Waals surface area (Å²) in [6.07, 6.45) is 4.08. The van der Waals surface area contributed by atoms with E-state index in [-0.39, 0.29) is 5.75 Å². The summed E-state index contributed by atoms with van der Waals surface area (Å²) in [5, 5.41) is 3.16. The fourth-order valence-electron chi connectivity index (χ4n) is 2.59. The third-order valence-corrected chi connectivity index (χ3v) is 5.67. The van der Waals surface area contributed by atoms with Crippen molar-refractivity contribution in [2.45, 2.75) is 19.3 Å². The van der Waals surface area contributed by atoms with Crippen LogP contribution in [0.5, 0.6) is 0 Å².